The molecule has 12 heteroatoms. The topological polar surface area (TPSA) is 114 Å². The molecule has 0 spiro atoms. The third-order valence-electron chi connectivity index (χ3n) is 8.21. The van der Waals surface area contributed by atoms with Crippen LogP contribution in [0, 0.1) is 24.2 Å². The maximum absolute atomic E-state index is 8.90. The first-order valence-corrected chi connectivity index (χ1v) is 18.2. The molecule has 0 N–H and O–H groups in total. The van der Waals surface area contributed by atoms with Gasteiger partial charge in [-0.3, -0.25) is 4.57 Å². The Labute approximate surface area is 234 Å². The summed E-state index contributed by atoms with van der Waals surface area (Å²) >= 11 is 0. The van der Waals surface area contributed by atoms with Crippen LogP contribution in [0.1, 0.15) is 80.8 Å². The van der Waals surface area contributed by atoms with Crippen LogP contribution in [-0.4, -0.2) is 62.1 Å². The van der Waals surface area contributed by atoms with Crippen LogP contribution in [0.4, 0.5) is 0 Å². The first-order valence-electron chi connectivity index (χ1n) is 14.3. The molecule has 10 nitrogen and oxygen atoms in total. The Balaban J connectivity index is 1.75. The number of imidazole rings is 1. The van der Waals surface area contributed by atoms with Gasteiger partial charge in [0.1, 0.15) is 24.8 Å². The van der Waals surface area contributed by atoms with Crippen molar-refractivity contribution in [1.82, 2.24) is 19.5 Å². The number of rotatable bonds is 8. The van der Waals surface area contributed by atoms with E-state index in [-0.39, 0.29) is 59.5 Å². The van der Waals surface area contributed by atoms with E-state index < -0.39 is 17.1 Å². The van der Waals surface area contributed by atoms with Crippen LogP contribution in [0.5, 0.6) is 5.88 Å². The summed E-state index contributed by atoms with van der Waals surface area (Å²) in [7, 11) is -5.40. The predicted octanol–water partition coefficient (Wildman–Crippen LogP) is 5.92. The van der Waals surface area contributed by atoms with Gasteiger partial charge in [-0.15, -0.1) is 0 Å². The van der Waals surface area contributed by atoms with Gasteiger partial charge >= 0.3 is 17.1 Å². The molecule has 216 valence electrons. The average Bonchev–Trinajstić information content (AvgIpc) is 3.39. The van der Waals surface area contributed by atoms with E-state index in [2.05, 4.69) is 78.4 Å². The second kappa shape index (κ2) is 11.5. The largest absolute Gasteiger partial charge is 0.475 e. The Bertz CT molecular complexity index is 1180. The minimum absolute atomic E-state index is 0.00512. The monoisotopic (exact) mass is 575 g/mol. The predicted molar refractivity (Wildman–Crippen MR) is 153 cm³/mol. The van der Waals surface area contributed by atoms with E-state index in [9.17, 15) is 0 Å². The molecular weight excluding hydrogens is 530 g/mol. The maximum Gasteiger partial charge on any atom is 0.335 e. The smallest absolute Gasteiger partial charge is 0.335 e. The normalized spacial score (nSPS) is 26.7. The summed E-state index contributed by atoms with van der Waals surface area (Å²) in [6.45, 7) is 22.5. The molecule has 2 aliphatic rings. The fourth-order valence-electron chi connectivity index (χ4n) is 6.13. The Morgan fingerprint density at radius 1 is 1.05 bits per heavy atom. The third kappa shape index (κ3) is 5.29. The Hall–Kier alpha value is -1.89. The number of ether oxygens (including phenoxy) is 2. The van der Waals surface area contributed by atoms with E-state index in [1.807, 2.05) is 11.5 Å². The summed E-state index contributed by atoms with van der Waals surface area (Å²) < 4.78 is 36.0. The lowest BCUT2D eigenvalue weighted by Crippen LogP contribution is -2.65. The van der Waals surface area contributed by atoms with Crippen LogP contribution in [0.2, 0.25) is 22.2 Å². The lowest BCUT2D eigenvalue weighted by atomic mass is 10.0. The molecule has 4 rings (SSSR count). The van der Waals surface area contributed by atoms with E-state index in [1.165, 1.54) is 0 Å². The molecule has 2 aromatic rings. The van der Waals surface area contributed by atoms with Gasteiger partial charge in [0.25, 0.3) is 0 Å². The van der Waals surface area contributed by atoms with E-state index in [4.69, 9.17) is 32.7 Å². The highest BCUT2D eigenvalue weighted by Crippen LogP contribution is 2.49. The van der Waals surface area contributed by atoms with Crippen molar-refractivity contribution in [2.24, 2.45) is 5.92 Å². The lowest BCUT2D eigenvalue weighted by Gasteiger charge is -2.51. The number of aromatic nitrogens is 4. The van der Waals surface area contributed by atoms with Crippen LogP contribution in [0.3, 0.4) is 0 Å². The summed E-state index contributed by atoms with van der Waals surface area (Å²) in [4.78, 5) is 13.7. The molecule has 4 heterocycles. The maximum atomic E-state index is 8.90. The molecule has 4 atom stereocenters. The van der Waals surface area contributed by atoms with Crippen LogP contribution in [-0.2, 0) is 17.7 Å². The lowest BCUT2D eigenvalue weighted by molar-refractivity contribution is -0.0549. The molecule has 0 aromatic carbocycles. The van der Waals surface area contributed by atoms with Gasteiger partial charge < -0.3 is 22.4 Å². The van der Waals surface area contributed by atoms with E-state index in [0.717, 1.165) is 0 Å². The number of fused-ring (bicyclic) bond motifs is 2. The molecule has 39 heavy (non-hydrogen) atoms. The highest BCUT2D eigenvalue weighted by molar-refractivity contribution is 6.83. The van der Waals surface area contributed by atoms with Crippen LogP contribution >= 0.6 is 0 Å². The van der Waals surface area contributed by atoms with Crippen molar-refractivity contribution in [1.29, 1.82) is 5.26 Å². The van der Waals surface area contributed by atoms with Gasteiger partial charge in [0, 0.05) is 5.92 Å². The molecule has 2 saturated heterocycles. The van der Waals surface area contributed by atoms with Gasteiger partial charge in [0.15, 0.2) is 11.2 Å². The minimum Gasteiger partial charge on any atom is -0.475 e. The number of hydrogen-bond acceptors (Lipinski definition) is 9. The van der Waals surface area contributed by atoms with Crippen molar-refractivity contribution < 1.29 is 22.4 Å². The van der Waals surface area contributed by atoms with Crippen molar-refractivity contribution in [2.45, 2.75) is 116 Å². The molecular formula is C27H45N5O5Si2. The SMILES string of the molecule is Cc1nc(OCCC#N)c2ncn([C@@H]3O[C@@H]4CO[Si](C(C)C)(C(C)C)O[Si](C(C)C)(C(C)C)O[C@@H]4C3C)c2n1. The second-order valence-corrected chi connectivity index (χ2v) is 21.0. The zero-order chi connectivity index (χ0) is 28.7. The molecule has 0 aliphatic carbocycles. The third-order valence-corrected chi connectivity index (χ3v) is 18.5. The summed E-state index contributed by atoms with van der Waals surface area (Å²) in [5.74, 6) is 0.942. The summed E-state index contributed by atoms with van der Waals surface area (Å²) in [5, 5.41) is 8.90. The molecule has 0 saturated carbocycles. The quantitative estimate of drug-likeness (QED) is 0.280. The molecule has 0 amide bonds. The number of nitrogens with zero attached hydrogens (tertiary/aromatic N) is 5. The average molecular weight is 576 g/mol. The van der Waals surface area contributed by atoms with E-state index >= 15 is 0 Å². The Morgan fingerprint density at radius 3 is 2.28 bits per heavy atom. The van der Waals surface area contributed by atoms with Crippen molar-refractivity contribution in [3.05, 3.63) is 12.2 Å². The van der Waals surface area contributed by atoms with Gasteiger partial charge in [-0.05, 0) is 29.1 Å². The van der Waals surface area contributed by atoms with Gasteiger partial charge in [-0.2, -0.15) is 10.2 Å². The molecule has 0 bridgehead atoms. The summed E-state index contributed by atoms with van der Waals surface area (Å²) in [6, 6.07) is 2.09. The number of hydrogen-bond donors (Lipinski definition) is 0. The summed E-state index contributed by atoms with van der Waals surface area (Å²) in [5.41, 5.74) is 2.23. The molecule has 2 fully saturated rings. The van der Waals surface area contributed by atoms with Crippen molar-refractivity contribution in [3.8, 4) is 11.9 Å². The van der Waals surface area contributed by atoms with Gasteiger partial charge in [-0.1, -0.05) is 62.3 Å². The van der Waals surface area contributed by atoms with Gasteiger partial charge in [0.05, 0.1) is 31.5 Å². The molecule has 2 aliphatic heterocycles. The fraction of sp³-hybridized carbons (Fsp3) is 0.778. The molecule has 1 unspecified atom stereocenters. The van der Waals surface area contributed by atoms with Gasteiger partial charge in [0.2, 0.25) is 5.88 Å². The minimum atomic E-state index is -2.75. The first kappa shape index (κ1) is 30.1. The fourth-order valence-corrected chi connectivity index (χ4v) is 17.4. The standard InChI is InChI=1S/C27H45N5O5Si2/c1-16(2)38(17(3)4)34-14-22-24(36-39(37-38,18(5)6)19(7)8)20(9)27(35-22)32-15-29-23-25(32)30-21(10)31-26(23)33-13-11-12-28/h15-20,22,24,27H,11,13-14H2,1-10H3/t20?,22-,24-,27-/m1/s1. The van der Waals surface area contributed by atoms with E-state index in [0.29, 0.717) is 29.5 Å². The van der Waals surface area contributed by atoms with Crippen molar-refractivity contribution in [3.63, 3.8) is 0 Å². The first-order chi connectivity index (χ1) is 18.4. The zero-order valence-corrected chi connectivity index (χ0v) is 27.1. The molecule has 0 radical (unpaired) electrons. The van der Waals surface area contributed by atoms with Crippen molar-refractivity contribution in [2.75, 3.05) is 13.2 Å². The van der Waals surface area contributed by atoms with Crippen LogP contribution in [0.25, 0.3) is 11.2 Å². The van der Waals surface area contributed by atoms with E-state index in [1.54, 1.807) is 6.33 Å². The van der Waals surface area contributed by atoms with Crippen molar-refractivity contribution >= 4 is 28.3 Å². The van der Waals surface area contributed by atoms with Crippen LogP contribution in [0.15, 0.2) is 6.33 Å². The highest BCUT2D eigenvalue weighted by atomic mass is 28.5. The zero-order valence-electron chi connectivity index (χ0n) is 25.1. The second-order valence-electron chi connectivity index (χ2n) is 12.1. The molecule has 2 aromatic heterocycles. The Morgan fingerprint density at radius 2 is 1.69 bits per heavy atom. The number of nitriles is 1. The Kier molecular flexibility index (Phi) is 8.90. The highest BCUT2D eigenvalue weighted by Gasteiger charge is 2.61. The van der Waals surface area contributed by atoms with Gasteiger partial charge in [-0.25, -0.2) is 9.97 Å². The number of aryl methyl sites for hydroxylation is 1. The summed E-state index contributed by atoms with van der Waals surface area (Å²) in [6.07, 6.45) is 1.22. The van der Waals surface area contributed by atoms with Crippen LogP contribution < -0.4 is 4.74 Å².